The van der Waals surface area contributed by atoms with Gasteiger partial charge in [0.2, 0.25) is 5.78 Å². The van der Waals surface area contributed by atoms with Crippen LogP contribution in [0.5, 0.6) is 0 Å². The van der Waals surface area contributed by atoms with E-state index in [1.807, 2.05) is 19.9 Å². The molecule has 0 amide bonds. The molecule has 0 saturated carbocycles. The Kier molecular flexibility index (Phi) is 3.82. The Morgan fingerprint density at radius 3 is 2.50 bits per heavy atom. The monoisotopic (exact) mass is 220 g/mol. The number of rotatable bonds is 3. The zero-order valence-electron chi connectivity index (χ0n) is 10.1. The Labute approximate surface area is 95.5 Å². The molecular formula is C13H16O3. The lowest BCUT2D eigenvalue weighted by atomic mass is 9.93. The number of Topliss-reactive ketones (excluding diaryl/α,β-unsaturated/α-hetero) is 1. The fraction of sp³-hybridized carbons (Fsp3) is 0.385. The standard InChI is InChI=1S/C13H16O3/c1-8(2)5-6-10-7-11(14)9(3)13(16-4)12(10)15/h5,7H,6H2,1-4H3. The highest BCUT2D eigenvalue weighted by Gasteiger charge is 2.26. The largest absolute Gasteiger partial charge is 0.492 e. The second kappa shape index (κ2) is 4.92. The predicted molar refractivity (Wildman–Crippen MR) is 61.9 cm³/mol. The van der Waals surface area contributed by atoms with Gasteiger partial charge in [-0.3, -0.25) is 9.59 Å². The third-order valence-electron chi connectivity index (χ3n) is 2.45. The van der Waals surface area contributed by atoms with Crippen molar-refractivity contribution in [3.8, 4) is 0 Å². The molecule has 1 aliphatic carbocycles. The minimum Gasteiger partial charge on any atom is -0.492 e. The van der Waals surface area contributed by atoms with E-state index >= 15 is 0 Å². The van der Waals surface area contributed by atoms with Gasteiger partial charge in [0.1, 0.15) is 0 Å². The number of carbonyl (C=O) groups excluding carboxylic acids is 2. The Morgan fingerprint density at radius 1 is 1.38 bits per heavy atom. The maximum absolute atomic E-state index is 11.9. The molecule has 0 aromatic heterocycles. The fourth-order valence-corrected chi connectivity index (χ4v) is 1.47. The van der Waals surface area contributed by atoms with Gasteiger partial charge in [-0.1, -0.05) is 11.6 Å². The molecule has 0 atom stereocenters. The smallest absolute Gasteiger partial charge is 0.224 e. The van der Waals surface area contributed by atoms with Crippen molar-refractivity contribution in [3.63, 3.8) is 0 Å². The molecule has 0 bridgehead atoms. The lowest BCUT2D eigenvalue weighted by Crippen LogP contribution is -2.19. The second-order valence-electron chi connectivity index (χ2n) is 4.01. The van der Waals surface area contributed by atoms with Gasteiger partial charge in [-0.25, -0.2) is 0 Å². The van der Waals surface area contributed by atoms with Crippen molar-refractivity contribution in [2.45, 2.75) is 27.2 Å². The third kappa shape index (κ3) is 2.48. The Balaban J connectivity index is 3.00. The van der Waals surface area contributed by atoms with Crippen LogP contribution in [0, 0.1) is 0 Å². The number of hydrogen-bond acceptors (Lipinski definition) is 3. The van der Waals surface area contributed by atoms with E-state index in [0.717, 1.165) is 5.57 Å². The van der Waals surface area contributed by atoms with E-state index in [4.69, 9.17) is 4.74 Å². The third-order valence-corrected chi connectivity index (χ3v) is 2.45. The van der Waals surface area contributed by atoms with Crippen molar-refractivity contribution < 1.29 is 14.3 Å². The Morgan fingerprint density at radius 2 is 2.00 bits per heavy atom. The average molecular weight is 220 g/mol. The highest BCUT2D eigenvalue weighted by atomic mass is 16.5. The molecule has 16 heavy (non-hydrogen) atoms. The molecule has 0 aromatic carbocycles. The van der Waals surface area contributed by atoms with Gasteiger partial charge < -0.3 is 4.74 Å². The molecule has 3 heteroatoms. The summed E-state index contributed by atoms with van der Waals surface area (Å²) in [5.41, 5.74) is 1.99. The predicted octanol–water partition coefficient (Wildman–Crippen LogP) is 2.34. The number of ketones is 2. The molecule has 1 aliphatic rings. The number of ether oxygens (including phenoxy) is 1. The first-order valence-electron chi connectivity index (χ1n) is 5.15. The summed E-state index contributed by atoms with van der Waals surface area (Å²) in [7, 11) is 1.41. The van der Waals surface area contributed by atoms with Crippen LogP contribution in [0.1, 0.15) is 27.2 Å². The summed E-state index contributed by atoms with van der Waals surface area (Å²) >= 11 is 0. The van der Waals surface area contributed by atoms with Gasteiger partial charge in [-0.05, 0) is 33.3 Å². The van der Waals surface area contributed by atoms with E-state index in [9.17, 15) is 9.59 Å². The van der Waals surface area contributed by atoms with Crippen LogP contribution in [0.3, 0.4) is 0 Å². The topological polar surface area (TPSA) is 43.4 Å². The van der Waals surface area contributed by atoms with Crippen LogP contribution in [0.15, 0.2) is 34.6 Å². The first-order valence-corrected chi connectivity index (χ1v) is 5.15. The van der Waals surface area contributed by atoms with Crippen LogP contribution in [0.2, 0.25) is 0 Å². The van der Waals surface area contributed by atoms with Crippen molar-refractivity contribution in [2.24, 2.45) is 0 Å². The molecule has 3 nitrogen and oxygen atoms in total. The van der Waals surface area contributed by atoms with E-state index in [-0.39, 0.29) is 17.3 Å². The zero-order valence-corrected chi connectivity index (χ0v) is 10.1. The van der Waals surface area contributed by atoms with E-state index in [0.29, 0.717) is 17.6 Å². The summed E-state index contributed by atoms with van der Waals surface area (Å²) in [6, 6.07) is 0. The molecule has 0 saturated heterocycles. The van der Waals surface area contributed by atoms with Gasteiger partial charge in [-0.2, -0.15) is 0 Å². The fourth-order valence-electron chi connectivity index (χ4n) is 1.47. The van der Waals surface area contributed by atoms with E-state index < -0.39 is 0 Å². The van der Waals surface area contributed by atoms with E-state index in [1.165, 1.54) is 13.2 Å². The van der Waals surface area contributed by atoms with E-state index in [1.54, 1.807) is 6.92 Å². The van der Waals surface area contributed by atoms with Crippen LogP contribution < -0.4 is 0 Å². The molecule has 0 N–H and O–H groups in total. The van der Waals surface area contributed by atoms with E-state index in [2.05, 4.69) is 0 Å². The van der Waals surface area contributed by atoms with Crippen molar-refractivity contribution >= 4 is 11.6 Å². The number of methoxy groups -OCH3 is 1. The van der Waals surface area contributed by atoms with Crippen molar-refractivity contribution in [1.29, 1.82) is 0 Å². The zero-order chi connectivity index (χ0) is 12.3. The summed E-state index contributed by atoms with van der Waals surface area (Å²) in [4.78, 5) is 23.5. The normalized spacial score (nSPS) is 16.1. The van der Waals surface area contributed by atoms with Crippen LogP contribution in [-0.4, -0.2) is 18.7 Å². The minimum absolute atomic E-state index is 0.145. The highest BCUT2D eigenvalue weighted by Crippen LogP contribution is 2.22. The first kappa shape index (κ1) is 12.4. The molecule has 0 radical (unpaired) electrons. The summed E-state index contributed by atoms with van der Waals surface area (Å²) in [6.45, 7) is 5.51. The average Bonchev–Trinajstić information content (AvgIpc) is 2.22. The van der Waals surface area contributed by atoms with Crippen LogP contribution in [0.4, 0.5) is 0 Å². The lowest BCUT2D eigenvalue weighted by Gasteiger charge is -2.14. The maximum atomic E-state index is 11.9. The summed E-state index contributed by atoms with van der Waals surface area (Å²) in [6.07, 6.45) is 3.80. The minimum atomic E-state index is -0.183. The molecule has 0 aliphatic heterocycles. The second-order valence-corrected chi connectivity index (χ2v) is 4.01. The van der Waals surface area contributed by atoms with Crippen molar-refractivity contribution in [2.75, 3.05) is 7.11 Å². The van der Waals surface area contributed by atoms with Crippen LogP contribution in [-0.2, 0) is 14.3 Å². The lowest BCUT2D eigenvalue weighted by molar-refractivity contribution is -0.118. The number of hydrogen-bond donors (Lipinski definition) is 0. The molecule has 0 unspecified atom stereocenters. The van der Waals surface area contributed by atoms with Gasteiger partial charge in [0.25, 0.3) is 0 Å². The van der Waals surface area contributed by atoms with Crippen molar-refractivity contribution in [3.05, 3.63) is 34.6 Å². The molecular weight excluding hydrogens is 204 g/mol. The molecule has 0 heterocycles. The number of carbonyl (C=O) groups is 2. The number of allylic oxidation sites excluding steroid dienone is 5. The van der Waals surface area contributed by atoms with Crippen LogP contribution in [0.25, 0.3) is 0 Å². The van der Waals surface area contributed by atoms with Gasteiger partial charge in [0.15, 0.2) is 11.5 Å². The summed E-state index contributed by atoms with van der Waals surface area (Å²) < 4.78 is 4.97. The Hall–Kier alpha value is -1.64. The summed E-state index contributed by atoms with van der Waals surface area (Å²) in [5, 5.41) is 0. The van der Waals surface area contributed by atoms with Crippen molar-refractivity contribution in [1.82, 2.24) is 0 Å². The molecule has 0 spiro atoms. The first-order chi connectivity index (χ1) is 7.47. The van der Waals surface area contributed by atoms with Gasteiger partial charge >= 0.3 is 0 Å². The summed E-state index contributed by atoms with van der Waals surface area (Å²) in [5.74, 6) is -0.157. The molecule has 0 fully saturated rings. The molecule has 86 valence electrons. The molecule has 1 rings (SSSR count). The van der Waals surface area contributed by atoms with Crippen LogP contribution >= 0.6 is 0 Å². The highest BCUT2D eigenvalue weighted by molar-refractivity contribution is 6.21. The SMILES string of the molecule is COC1=C(C)C(=O)C=C(CC=C(C)C)C1=O. The van der Waals surface area contributed by atoms with Gasteiger partial charge in [0.05, 0.1) is 7.11 Å². The van der Waals surface area contributed by atoms with Gasteiger partial charge in [-0.15, -0.1) is 0 Å². The van der Waals surface area contributed by atoms with Gasteiger partial charge in [0, 0.05) is 11.1 Å². The maximum Gasteiger partial charge on any atom is 0.224 e. The quantitative estimate of drug-likeness (QED) is 0.541. The molecule has 0 aromatic rings. The Bertz CT molecular complexity index is 418.